The highest BCUT2D eigenvalue weighted by Crippen LogP contribution is 2.35. The van der Waals surface area contributed by atoms with E-state index in [2.05, 4.69) is 20.6 Å². The van der Waals surface area contributed by atoms with Gasteiger partial charge >= 0.3 is 6.18 Å². The molecule has 3 aromatic rings. The molecule has 0 bridgehead atoms. The zero-order valence-corrected chi connectivity index (χ0v) is 17.2. The number of rotatable bonds is 6. The third-order valence-corrected chi connectivity index (χ3v) is 5.34. The lowest BCUT2D eigenvalue weighted by Crippen LogP contribution is -2.21. The Bertz CT molecular complexity index is 1060. The molecule has 0 fully saturated rings. The van der Waals surface area contributed by atoms with Crippen molar-refractivity contribution < 1.29 is 18.0 Å². The van der Waals surface area contributed by atoms with Crippen LogP contribution in [0.15, 0.2) is 24.8 Å². The van der Waals surface area contributed by atoms with Crippen molar-refractivity contribution in [2.45, 2.75) is 64.8 Å². The maximum Gasteiger partial charge on any atom is 0.435 e. The lowest BCUT2D eigenvalue weighted by molar-refractivity contribution is -0.142. The molecule has 0 saturated carbocycles. The highest BCUT2D eigenvalue weighted by molar-refractivity contribution is 5.90. The molecule has 0 unspecified atom stereocenters. The van der Waals surface area contributed by atoms with Crippen LogP contribution in [0.4, 0.5) is 18.9 Å². The Hall–Kier alpha value is -3.11. The Kier molecular flexibility index (Phi) is 5.84. The fourth-order valence-corrected chi connectivity index (χ4v) is 3.91. The number of hydrogen-bond acceptors (Lipinski definition) is 4. The molecular weight excluding hydrogens is 411 g/mol. The molecule has 1 aliphatic rings. The maximum atomic E-state index is 13.4. The number of aromatic nitrogens is 6. The van der Waals surface area contributed by atoms with Crippen molar-refractivity contribution in [3.8, 4) is 0 Å². The van der Waals surface area contributed by atoms with E-state index in [-0.39, 0.29) is 12.1 Å². The standard InChI is InChI=1S/C20H24F3N7O/c1-2-28-10-14(8-24-28)11-29-12-15(9-25-29)26-18(31)13-30-17-7-5-3-4-6-16(17)19(27-30)20(21,22)23/h8-10,12H,2-7,11,13H2,1H3,(H,26,31). The lowest BCUT2D eigenvalue weighted by atomic mass is 10.1. The molecule has 1 aliphatic carbocycles. The Balaban J connectivity index is 1.44. The van der Waals surface area contributed by atoms with Crippen molar-refractivity contribution in [1.29, 1.82) is 0 Å². The summed E-state index contributed by atoms with van der Waals surface area (Å²) in [6, 6.07) is 0. The van der Waals surface area contributed by atoms with E-state index in [9.17, 15) is 18.0 Å². The molecule has 1 N–H and O–H groups in total. The number of halogens is 3. The molecule has 8 nitrogen and oxygen atoms in total. The largest absolute Gasteiger partial charge is 0.435 e. The van der Waals surface area contributed by atoms with E-state index in [1.54, 1.807) is 17.1 Å². The summed E-state index contributed by atoms with van der Waals surface area (Å²) in [5, 5.41) is 14.9. The summed E-state index contributed by atoms with van der Waals surface area (Å²) < 4.78 is 44.9. The first-order valence-electron chi connectivity index (χ1n) is 10.3. The van der Waals surface area contributed by atoms with Crippen LogP contribution in [0.25, 0.3) is 0 Å². The lowest BCUT2D eigenvalue weighted by Gasteiger charge is -2.07. The van der Waals surface area contributed by atoms with Gasteiger partial charge in [0, 0.05) is 35.8 Å². The topological polar surface area (TPSA) is 82.6 Å². The predicted octanol–water partition coefficient (Wildman–Crippen LogP) is 3.27. The van der Waals surface area contributed by atoms with Gasteiger partial charge in [0.15, 0.2) is 5.69 Å². The van der Waals surface area contributed by atoms with Gasteiger partial charge in [-0.2, -0.15) is 28.5 Å². The minimum atomic E-state index is -4.52. The number of alkyl halides is 3. The summed E-state index contributed by atoms with van der Waals surface area (Å²) in [7, 11) is 0. The molecule has 11 heteroatoms. The van der Waals surface area contributed by atoms with Crippen LogP contribution in [-0.2, 0) is 43.4 Å². The van der Waals surface area contributed by atoms with Gasteiger partial charge in [-0.15, -0.1) is 0 Å². The highest BCUT2D eigenvalue weighted by atomic mass is 19.4. The number of fused-ring (bicyclic) bond motifs is 1. The molecule has 0 saturated heterocycles. The smallest absolute Gasteiger partial charge is 0.322 e. The molecule has 0 radical (unpaired) electrons. The van der Waals surface area contributed by atoms with E-state index in [1.807, 2.05) is 17.8 Å². The zero-order chi connectivity index (χ0) is 22.0. The first kappa shape index (κ1) is 21.1. The van der Waals surface area contributed by atoms with Gasteiger partial charge in [-0.25, -0.2) is 0 Å². The first-order valence-corrected chi connectivity index (χ1v) is 10.3. The van der Waals surface area contributed by atoms with Gasteiger partial charge in [-0.1, -0.05) is 6.42 Å². The molecule has 1 amide bonds. The highest BCUT2D eigenvalue weighted by Gasteiger charge is 2.39. The molecule has 0 aromatic carbocycles. The molecule has 4 rings (SSSR count). The number of nitrogens with one attached hydrogen (secondary N) is 1. The number of nitrogens with zero attached hydrogens (tertiary/aromatic N) is 6. The Morgan fingerprint density at radius 2 is 1.87 bits per heavy atom. The molecular formula is C20H24F3N7O. The van der Waals surface area contributed by atoms with Gasteiger partial charge in [0.1, 0.15) is 6.54 Å². The first-order chi connectivity index (χ1) is 14.8. The SMILES string of the molecule is CCn1cc(Cn2cc(NC(=O)Cn3nc(C(F)(F)F)c4c3CCCCC4)cn2)cn1. The molecule has 3 heterocycles. The normalized spacial score (nSPS) is 14.3. The maximum absolute atomic E-state index is 13.4. The number of aryl methyl sites for hydroxylation is 1. The Morgan fingerprint density at radius 1 is 1.10 bits per heavy atom. The second kappa shape index (κ2) is 8.56. The third kappa shape index (κ3) is 4.80. The fraction of sp³-hybridized carbons (Fsp3) is 0.500. The van der Waals surface area contributed by atoms with E-state index >= 15 is 0 Å². The predicted molar refractivity (Wildman–Crippen MR) is 106 cm³/mol. The number of carbonyl (C=O) groups excluding carboxylic acids is 1. The molecule has 166 valence electrons. The van der Waals surface area contributed by atoms with Crippen LogP contribution >= 0.6 is 0 Å². The number of carbonyl (C=O) groups is 1. The third-order valence-electron chi connectivity index (χ3n) is 5.34. The Morgan fingerprint density at radius 3 is 2.61 bits per heavy atom. The van der Waals surface area contributed by atoms with Crippen LogP contribution in [0.1, 0.15) is 48.7 Å². The van der Waals surface area contributed by atoms with Crippen molar-refractivity contribution >= 4 is 11.6 Å². The summed E-state index contributed by atoms with van der Waals surface area (Å²) in [5.41, 5.74) is 1.34. The second-order valence-corrected chi connectivity index (χ2v) is 7.67. The summed E-state index contributed by atoms with van der Waals surface area (Å²) in [6.07, 6.45) is 5.52. The minimum absolute atomic E-state index is 0.234. The van der Waals surface area contributed by atoms with Crippen LogP contribution in [0.5, 0.6) is 0 Å². The second-order valence-electron chi connectivity index (χ2n) is 7.67. The van der Waals surface area contributed by atoms with Crippen molar-refractivity contribution in [3.05, 3.63) is 47.3 Å². The van der Waals surface area contributed by atoms with E-state index in [0.717, 1.165) is 24.9 Å². The van der Waals surface area contributed by atoms with Crippen LogP contribution < -0.4 is 5.32 Å². The van der Waals surface area contributed by atoms with Gasteiger partial charge in [-0.05, 0) is 32.6 Å². The Labute approximate surface area is 177 Å². The molecule has 0 aliphatic heterocycles. The van der Waals surface area contributed by atoms with E-state index in [4.69, 9.17) is 0 Å². The van der Waals surface area contributed by atoms with Gasteiger partial charge in [0.2, 0.25) is 5.91 Å². The van der Waals surface area contributed by atoms with Gasteiger partial charge < -0.3 is 5.32 Å². The van der Waals surface area contributed by atoms with Gasteiger partial charge in [0.05, 0.1) is 24.6 Å². The fourth-order valence-electron chi connectivity index (χ4n) is 3.91. The van der Waals surface area contributed by atoms with Crippen molar-refractivity contribution in [3.63, 3.8) is 0 Å². The van der Waals surface area contributed by atoms with E-state index in [0.29, 0.717) is 37.2 Å². The average Bonchev–Trinajstić information content (AvgIpc) is 3.38. The average molecular weight is 435 g/mol. The number of amides is 1. The van der Waals surface area contributed by atoms with Crippen LogP contribution in [0.2, 0.25) is 0 Å². The van der Waals surface area contributed by atoms with Crippen LogP contribution in [0, 0.1) is 0 Å². The van der Waals surface area contributed by atoms with Crippen LogP contribution in [0.3, 0.4) is 0 Å². The minimum Gasteiger partial charge on any atom is -0.322 e. The summed E-state index contributed by atoms with van der Waals surface area (Å²) >= 11 is 0. The quantitative estimate of drug-likeness (QED) is 0.603. The van der Waals surface area contributed by atoms with Crippen LogP contribution in [-0.4, -0.2) is 35.2 Å². The monoisotopic (exact) mass is 435 g/mol. The summed E-state index contributed by atoms with van der Waals surface area (Å²) in [4.78, 5) is 12.5. The van der Waals surface area contributed by atoms with E-state index in [1.165, 1.54) is 10.9 Å². The van der Waals surface area contributed by atoms with Gasteiger partial charge in [-0.3, -0.25) is 18.8 Å². The molecule has 31 heavy (non-hydrogen) atoms. The van der Waals surface area contributed by atoms with Gasteiger partial charge in [0.25, 0.3) is 0 Å². The van der Waals surface area contributed by atoms with Crippen molar-refractivity contribution in [1.82, 2.24) is 29.3 Å². The zero-order valence-electron chi connectivity index (χ0n) is 17.2. The molecule has 0 spiro atoms. The molecule has 0 atom stereocenters. The number of hydrogen-bond donors (Lipinski definition) is 1. The molecule has 3 aromatic heterocycles. The summed E-state index contributed by atoms with van der Waals surface area (Å²) in [5.74, 6) is -0.443. The number of anilines is 1. The summed E-state index contributed by atoms with van der Waals surface area (Å²) in [6.45, 7) is 2.99. The van der Waals surface area contributed by atoms with Crippen molar-refractivity contribution in [2.24, 2.45) is 0 Å². The van der Waals surface area contributed by atoms with Crippen molar-refractivity contribution in [2.75, 3.05) is 5.32 Å². The van der Waals surface area contributed by atoms with E-state index < -0.39 is 17.8 Å².